The molecule has 2 amide bonds. The molecule has 1 rings (SSSR count). The molecule has 1 aliphatic carbocycles. The Labute approximate surface area is 88.0 Å². The SMILES string of the molecule is CONC(=O)C1CCC(OC(N)=O)CC1. The van der Waals surface area contributed by atoms with Crippen LogP contribution >= 0.6 is 0 Å². The van der Waals surface area contributed by atoms with Crippen LogP contribution in [0.15, 0.2) is 0 Å². The summed E-state index contributed by atoms with van der Waals surface area (Å²) in [6.45, 7) is 0. The van der Waals surface area contributed by atoms with Gasteiger partial charge in [-0.15, -0.1) is 0 Å². The fraction of sp³-hybridized carbons (Fsp3) is 0.778. The van der Waals surface area contributed by atoms with Crippen LogP contribution in [0.3, 0.4) is 0 Å². The van der Waals surface area contributed by atoms with Crippen LogP contribution in [-0.2, 0) is 14.4 Å². The van der Waals surface area contributed by atoms with Crippen LogP contribution in [0.2, 0.25) is 0 Å². The van der Waals surface area contributed by atoms with Gasteiger partial charge in [0.1, 0.15) is 6.10 Å². The quantitative estimate of drug-likeness (QED) is 0.664. The van der Waals surface area contributed by atoms with Gasteiger partial charge < -0.3 is 10.5 Å². The Morgan fingerprint density at radius 3 is 2.33 bits per heavy atom. The Kier molecular flexibility index (Phi) is 4.36. The van der Waals surface area contributed by atoms with Crippen molar-refractivity contribution in [2.75, 3.05) is 7.11 Å². The number of ether oxygens (including phenoxy) is 1. The number of nitrogens with two attached hydrogens (primary N) is 1. The van der Waals surface area contributed by atoms with E-state index in [4.69, 9.17) is 10.5 Å². The first-order chi connectivity index (χ1) is 7.13. The zero-order valence-electron chi connectivity index (χ0n) is 8.69. The normalized spacial score (nSPS) is 25.7. The van der Waals surface area contributed by atoms with Crippen LogP contribution in [0.4, 0.5) is 4.79 Å². The second-order valence-electron chi connectivity index (χ2n) is 3.58. The number of amides is 2. The average Bonchev–Trinajstić information content (AvgIpc) is 2.18. The maximum atomic E-state index is 11.4. The van der Waals surface area contributed by atoms with Gasteiger partial charge in [-0.1, -0.05) is 0 Å². The number of hydrogen-bond donors (Lipinski definition) is 2. The summed E-state index contributed by atoms with van der Waals surface area (Å²) in [6.07, 6.45) is 1.82. The third kappa shape index (κ3) is 3.75. The first-order valence-electron chi connectivity index (χ1n) is 4.92. The molecule has 3 N–H and O–H groups in total. The van der Waals surface area contributed by atoms with Gasteiger partial charge in [-0.3, -0.25) is 9.63 Å². The lowest BCUT2D eigenvalue weighted by atomic mass is 9.87. The van der Waals surface area contributed by atoms with Crippen molar-refractivity contribution in [2.24, 2.45) is 11.7 Å². The van der Waals surface area contributed by atoms with Gasteiger partial charge >= 0.3 is 6.09 Å². The average molecular weight is 216 g/mol. The summed E-state index contributed by atoms with van der Waals surface area (Å²) in [6, 6.07) is 0. The molecule has 1 fully saturated rings. The van der Waals surface area contributed by atoms with E-state index >= 15 is 0 Å². The van der Waals surface area contributed by atoms with Gasteiger partial charge in [-0.2, -0.15) is 0 Å². The lowest BCUT2D eigenvalue weighted by Gasteiger charge is -2.26. The van der Waals surface area contributed by atoms with Gasteiger partial charge in [0.05, 0.1) is 7.11 Å². The van der Waals surface area contributed by atoms with Crippen molar-refractivity contribution in [1.29, 1.82) is 0 Å². The maximum Gasteiger partial charge on any atom is 0.404 e. The first-order valence-corrected chi connectivity index (χ1v) is 4.92. The number of carbonyl (C=O) groups is 2. The van der Waals surface area contributed by atoms with Gasteiger partial charge in [-0.25, -0.2) is 10.3 Å². The minimum Gasteiger partial charge on any atom is -0.446 e. The van der Waals surface area contributed by atoms with Crippen LogP contribution in [0.25, 0.3) is 0 Å². The summed E-state index contributed by atoms with van der Waals surface area (Å²) in [7, 11) is 1.40. The van der Waals surface area contributed by atoms with E-state index in [9.17, 15) is 9.59 Å². The van der Waals surface area contributed by atoms with Crippen molar-refractivity contribution < 1.29 is 19.2 Å². The molecule has 0 saturated heterocycles. The molecule has 0 bridgehead atoms. The lowest BCUT2D eigenvalue weighted by Crippen LogP contribution is -2.35. The summed E-state index contributed by atoms with van der Waals surface area (Å²) in [5.41, 5.74) is 7.20. The Morgan fingerprint density at radius 2 is 1.87 bits per heavy atom. The summed E-state index contributed by atoms with van der Waals surface area (Å²) >= 11 is 0. The number of nitrogens with one attached hydrogen (secondary N) is 1. The molecular weight excluding hydrogens is 200 g/mol. The smallest absolute Gasteiger partial charge is 0.404 e. The standard InChI is InChI=1S/C9H16N2O4/c1-14-11-8(12)6-2-4-7(5-3-6)15-9(10)13/h6-7H,2-5H2,1H3,(H2,10,13)(H,11,12). The molecule has 86 valence electrons. The van der Waals surface area contributed by atoms with E-state index < -0.39 is 6.09 Å². The van der Waals surface area contributed by atoms with Crippen LogP contribution in [0.5, 0.6) is 0 Å². The third-order valence-electron chi connectivity index (χ3n) is 2.53. The van der Waals surface area contributed by atoms with Crippen LogP contribution in [0.1, 0.15) is 25.7 Å². The van der Waals surface area contributed by atoms with Gasteiger partial charge in [0, 0.05) is 5.92 Å². The molecule has 0 aliphatic heterocycles. The van der Waals surface area contributed by atoms with Gasteiger partial charge in [0.25, 0.3) is 0 Å². The fourth-order valence-corrected chi connectivity index (χ4v) is 1.79. The first kappa shape index (κ1) is 11.8. The Morgan fingerprint density at radius 1 is 1.27 bits per heavy atom. The molecule has 0 aromatic carbocycles. The minimum atomic E-state index is -0.750. The maximum absolute atomic E-state index is 11.4. The van der Waals surface area contributed by atoms with E-state index in [1.54, 1.807) is 0 Å². The number of carbonyl (C=O) groups excluding carboxylic acids is 2. The predicted octanol–water partition coefficient (Wildman–Crippen LogP) is 0.318. The van der Waals surface area contributed by atoms with Crippen LogP contribution in [0, 0.1) is 5.92 Å². The molecular formula is C9H16N2O4. The molecule has 0 spiro atoms. The molecule has 1 aliphatic rings. The molecule has 0 aromatic heterocycles. The van der Waals surface area contributed by atoms with Gasteiger partial charge in [-0.05, 0) is 25.7 Å². The van der Waals surface area contributed by atoms with E-state index in [0.29, 0.717) is 25.7 Å². The molecule has 6 heteroatoms. The lowest BCUT2D eigenvalue weighted by molar-refractivity contribution is -0.137. The molecule has 1 saturated carbocycles. The molecule has 0 unspecified atom stereocenters. The van der Waals surface area contributed by atoms with Crippen LogP contribution < -0.4 is 11.2 Å². The summed E-state index contributed by atoms with van der Waals surface area (Å²) in [5, 5.41) is 0. The van der Waals surface area contributed by atoms with E-state index in [-0.39, 0.29) is 17.9 Å². The highest BCUT2D eigenvalue weighted by molar-refractivity contribution is 5.77. The van der Waals surface area contributed by atoms with E-state index in [0.717, 1.165) is 0 Å². The molecule has 0 aromatic rings. The van der Waals surface area contributed by atoms with E-state index in [1.165, 1.54) is 7.11 Å². The fourth-order valence-electron chi connectivity index (χ4n) is 1.79. The summed E-state index contributed by atoms with van der Waals surface area (Å²) in [5.74, 6) is -0.173. The second kappa shape index (κ2) is 5.55. The molecule has 15 heavy (non-hydrogen) atoms. The van der Waals surface area contributed by atoms with Crippen molar-refractivity contribution in [1.82, 2.24) is 5.48 Å². The Bertz CT molecular complexity index is 236. The molecule has 0 radical (unpaired) electrons. The largest absolute Gasteiger partial charge is 0.446 e. The zero-order valence-corrected chi connectivity index (χ0v) is 8.69. The highest BCUT2D eigenvalue weighted by atomic mass is 16.6. The topological polar surface area (TPSA) is 90.7 Å². The predicted molar refractivity (Wildman–Crippen MR) is 51.6 cm³/mol. The summed E-state index contributed by atoms with van der Waals surface area (Å²) in [4.78, 5) is 26.4. The highest BCUT2D eigenvalue weighted by Gasteiger charge is 2.27. The minimum absolute atomic E-state index is 0.0577. The Balaban J connectivity index is 2.29. The van der Waals surface area contributed by atoms with E-state index in [1.807, 2.05) is 0 Å². The summed E-state index contributed by atoms with van der Waals surface area (Å²) < 4.78 is 4.86. The van der Waals surface area contributed by atoms with Crippen molar-refractivity contribution in [3.8, 4) is 0 Å². The number of primary amides is 1. The van der Waals surface area contributed by atoms with Gasteiger partial charge in [0.2, 0.25) is 5.91 Å². The molecule has 0 atom stereocenters. The number of hydrogen-bond acceptors (Lipinski definition) is 4. The van der Waals surface area contributed by atoms with Gasteiger partial charge in [0.15, 0.2) is 0 Å². The molecule has 6 nitrogen and oxygen atoms in total. The van der Waals surface area contributed by atoms with Crippen molar-refractivity contribution in [2.45, 2.75) is 31.8 Å². The van der Waals surface area contributed by atoms with Crippen molar-refractivity contribution in [3.63, 3.8) is 0 Å². The van der Waals surface area contributed by atoms with E-state index in [2.05, 4.69) is 10.3 Å². The number of rotatable bonds is 3. The monoisotopic (exact) mass is 216 g/mol. The Hall–Kier alpha value is -1.30. The molecule has 0 heterocycles. The second-order valence-corrected chi connectivity index (χ2v) is 3.58. The third-order valence-corrected chi connectivity index (χ3v) is 2.53. The number of hydroxylamine groups is 1. The van der Waals surface area contributed by atoms with Crippen molar-refractivity contribution in [3.05, 3.63) is 0 Å². The highest BCUT2D eigenvalue weighted by Crippen LogP contribution is 2.26. The zero-order chi connectivity index (χ0) is 11.3. The van der Waals surface area contributed by atoms with Crippen molar-refractivity contribution >= 4 is 12.0 Å². The van der Waals surface area contributed by atoms with Crippen LogP contribution in [-0.4, -0.2) is 25.2 Å².